The summed E-state index contributed by atoms with van der Waals surface area (Å²) in [5.41, 5.74) is 6.78. The molecule has 0 N–H and O–H groups in total. The molecular formula is C51H45CuN2OP2+2. The Labute approximate surface area is 349 Å². The zero-order valence-electron chi connectivity index (χ0n) is 32.5. The van der Waals surface area contributed by atoms with Crippen molar-refractivity contribution in [2.45, 2.75) is 27.7 Å². The van der Waals surface area contributed by atoms with E-state index in [0.717, 1.165) is 33.9 Å². The predicted octanol–water partition coefficient (Wildman–Crippen LogP) is 10.0. The molecule has 57 heavy (non-hydrogen) atoms. The molecule has 0 atom stereocenters. The van der Waals surface area contributed by atoms with Gasteiger partial charge in [-0.05, 0) is 111 Å². The number of rotatable bonds is 8. The average molecular weight is 827 g/mol. The molecule has 2 aromatic heterocycles. The maximum absolute atomic E-state index is 6.94. The summed E-state index contributed by atoms with van der Waals surface area (Å²) in [7, 11) is -2.56. The SMILES string of the molecule is Cc1cc(C)c2ccc3c(C)c(C)[n-]c3c2n1.[Cu+].c1ccc([PH+](c2ccccc2)c2ccccc2Oc2ccccc2[PH+](c2ccccc2)c2ccccc2)cc1. The smallest absolute Gasteiger partial charge is 0.659 e. The largest absolute Gasteiger partial charge is 1.00 e. The molecule has 0 radical (unpaired) electrons. The zero-order chi connectivity index (χ0) is 38.4. The van der Waals surface area contributed by atoms with Gasteiger partial charge in [0.05, 0.1) is 5.52 Å². The van der Waals surface area contributed by atoms with Gasteiger partial charge in [0.2, 0.25) is 0 Å². The minimum Gasteiger partial charge on any atom is -0.659 e. The maximum Gasteiger partial charge on any atom is 1.00 e. The van der Waals surface area contributed by atoms with Crippen LogP contribution in [0.25, 0.3) is 21.8 Å². The second-order valence-corrected chi connectivity index (χ2v) is 19.0. The standard InChI is InChI=1S/C36H28OP2.C15H15N2.Cu/c1-5-17-29(18-6-1)38(30-19-7-2-8-20-30)35-27-15-13-25-33(35)37-34-26-14-16-28-36(34)39(31-21-9-3-10-22-31)32-23-11-4-12-24-32;1-8-7-9(2)16-14-12(8)5-6-13-10(3)11(4)17-15(13)14;/h1-28H;5-7H,1-4H3;/q;-1;+1/p+2. The number of para-hydroxylation sites is 2. The third-order valence-electron chi connectivity index (χ3n) is 10.3. The summed E-state index contributed by atoms with van der Waals surface area (Å²) in [5.74, 6) is 1.85. The normalized spacial score (nSPS) is 11.0. The predicted molar refractivity (Wildman–Crippen MR) is 245 cm³/mol. The minimum atomic E-state index is -1.28. The third-order valence-corrected chi connectivity index (χ3v) is 15.8. The van der Waals surface area contributed by atoms with Crippen LogP contribution < -0.4 is 41.5 Å². The van der Waals surface area contributed by atoms with Gasteiger partial charge in [0.15, 0.2) is 11.5 Å². The van der Waals surface area contributed by atoms with Crippen LogP contribution in [0, 0.1) is 27.7 Å². The van der Waals surface area contributed by atoms with Crippen molar-refractivity contribution in [1.29, 1.82) is 0 Å². The molecule has 7 aromatic carbocycles. The summed E-state index contributed by atoms with van der Waals surface area (Å²) in [6, 6.07) is 67.0. The van der Waals surface area contributed by atoms with Crippen LogP contribution in [0.4, 0.5) is 0 Å². The fraction of sp³-hybridized carbons (Fsp3) is 0.0784. The molecule has 0 aliphatic heterocycles. The molecule has 0 aliphatic rings. The van der Waals surface area contributed by atoms with Gasteiger partial charge < -0.3 is 9.72 Å². The first-order valence-electron chi connectivity index (χ1n) is 19.1. The Hall–Kier alpha value is -5.33. The monoisotopic (exact) mass is 826 g/mol. The van der Waals surface area contributed by atoms with Gasteiger partial charge in [-0.25, -0.2) is 0 Å². The van der Waals surface area contributed by atoms with Gasteiger partial charge in [-0.1, -0.05) is 122 Å². The van der Waals surface area contributed by atoms with E-state index in [4.69, 9.17) is 4.74 Å². The minimum absolute atomic E-state index is 0. The quantitative estimate of drug-likeness (QED) is 0.113. The van der Waals surface area contributed by atoms with Crippen LogP contribution in [-0.4, -0.2) is 4.98 Å². The van der Waals surface area contributed by atoms with Crippen molar-refractivity contribution in [3.63, 3.8) is 0 Å². The van der Waals surface area contributed by atoms with Gasteiger partial charge in [0, 0.05) is 11.1 Å². The molecule has 6 heteroatoms. The van der Waals surface area contributed by atoms with Crippen LogP contribution in [0.15, 0.2) is 188 Å². The molecule has 9 aromatic rings. The molecule has 0 amide bonds. The van der Waals surface area contributed by atoms with Crippen molar-refractivity contribution in [3.05, 3.63) is 211 Å². The first kappa shape index (κ1) is 39.9. The second-order valence-electron chi connectivity index (χ2n) is 14.1. The second kappa shape index (κ2) is 18.3. The molecule has 0 fully saturated rings. The Balaban J connectivity index is 0.000000230. The van der Waals surface area contributed by atoms with Crippen molar-refractivity contribution in [1.82, 2.24) is 9.97 Å². The van der Waals surface area contributed by atoms with Crippen molar-refractivity contribution >= 4 is 69.5 Å². The number of hydrogen-bond donors (Lipinski definition) is 0. The molecule has 2 heterocycles. The Morgan fingerprint density at radius 1 is 0.456 bits per heavy atom. The van der Waals surface area contributed by atoms with E-state index in [2.05, 4.69) is 219 Å². The van der Waals surface area contributed by atoms with Crippen LogP contribution in [-0.2, 0) is 17.1 Å². The van der Waals surface area contributed by atoms with Gasteiger partial charge in [0.25, 0.3) is 0 Å². The number of hydrogen-bond acceptors (Lipinski definition) is 2. The van der Waals surface area contributed by atoms with Crippen molar-refractivity contribution in [2.24, 2.45) is 0 Å². The Morgan fingerprint density at radius 2 is 0.842 bits per heavy atom. The van der Waals surface area contributed by atoms with Gasteiger partial charge in [0.1, 0.15) is 47.7 Å². The first-order chi connectivity index (χ1) is 27.5. The fourth-order valence-corrected chi connectivity index (χ4v) is 12.8. The number of aryl methyl sites for hydroxylation is 4. The number of benzene rings is 7. The maximum atomic E-state index is 6.94. The van der Waals surface area contributed by atoms with Crippen LogP contribution >= 0.6 is 15.8 Å². The molecule has 0 bridgehead atoms. The molecule has 0 unspecified atom stereocenters. The molecule has 9 rings (SSSR count). The number of aromatic nitrogens is 2. The summed E-state index contributed by atoms with van der Waals surface area (Å²) in [6.07, 6.45) is 0. The van der Waals surface area contributed by atoms with Gasteiger partial charge in [-0.2, -0.15) is 5.69 Å². The molecule has 3 nitrogen and oxygen atoms in total. The third kappa shape index (κ3) is 8.67. The van der Waals surface area contributed by atoms with E-state index in [-0.39, 0.29) is 17.1 Å². The van der Waals surface area contributed by atoms with E-state index < -0.39 is 15.8 Å². The number of nitrogens with zero attached hydrogens (tertiary/aromatic N) is 2. The van der Waals surface area contributed by atoms with Crippen LogP contribution in [0.2, 0.25) is 0 Å². The summed E-state index contributed by atoms with van der Waals surface area (Å²) in [6.45, 7) is 8.35. The summed E-state index contributed by atoms with van der Waals surface area (Å²) in [5, 5.41) is 10.3. The number of pyridine rings is 1. The molecule has 0 saturated carbocycles. The molecule has 284 valence electrons. The molecular weight excluding hydrogens is 782 g/mol. The number of fused-ring (bicyclic) bond motifs is 3. The van der Waals surface area contributed by atoms with Crippen LogP contribution in [0.1, 0.15) is 22.5 Å². The van der Waals surface area contributed by atoms with E-state index in [1.54, 1.807) is 0 Å². The van der Waals surface area contributed by atoms with E-state index in [9.17, 15) is 0 Å². The Bertz CT molecular complexity index is 2520. The van der Waals surface area contributed by atoms with Crippen molar-refractivity contribution in [2.75, 3.05) is 0 Å². The first-order valence-corrected chi connectivity index (χ1v) is 22.1. The van der Waals surface area contributed by atoms with E-state index >= 15 is 0 Å². The van der Waals surface area contributed by atoms with Crippen LogP contribution in [0.3, 0.4) is 0 Å². The topological polar surface area (TPSA) is 36.2 Å². The Morgan fingerprint density at radius 3 is 1.28 bits per heavy atom. The van der Waals surface area contributed by atoms with Crippen LogP contribution in [0.5, 0.6) is 11.5 Å². The summed E-state index contributed by atoms with van der Waals surface area (Å²) in [4.78, 5) is 9.32. The Kier molecular flexibility index (Phi) is 12.8. The summed E-state index contributed by atoms with van der Waals surface area (Å²) >= 11 is 0. The fourth-order valence-electron chi connectivity index (χ4n) is 7.49. The van der Waals surface area contributed by atoms with Crippen molar-refractivity contribution in [3.8, 4) is 11.5 Å². The van der Waals surface area contributed by atoms with E-state index in [1.165, 1.54) is 53.7 Å². The number of ether oxygens (including phenoxy) is 1. The molecule has 0 spiro atoms. The van der Waals surface area contributed by atoms with E-state index in [0.29, 0.717) is 0 Å². The van der Waals surface area contributed by atoms with Crippen molar-refractivity contribution < 1.29 is 21.8 Å². The molecule has 0 saturated heterocycles. The van der Waals surface area contributed by atoms with E-state index in [1.807, 2.05) is 6.92 Å². The molecule has 0 aliphatic carbocycles. The average Bonchev–Trinajstić information content (AvgIpc) is 3.54. The van der Waals surface area contributed by atoms with Gasteiger partial charge in [-0.3, -0.25) is 4.98 Å². The van der Waals surface area contributed by atoms with Gasteiger partial charge in [-0.15, -0.1) is 5.52 Å². The van der Waals surface area contributed by atoms with Gasteiger partial charge >= 0.3 is 17.1 Å². The summed E-state index contributed by atoms with van der Waals surface area (Å²) < 4.78 is 6.94. The zero-order valence-corrected chi connectivity index (χ0v) is 35.4.